The summed E-state index contributed by atoms with van der Waals surface area (Å²) in [6, 6.07) is 5.36. The van der Waals surface area contributed by atoms with E-state index in [0.29, 0.717) is 38.2 Å². The number of aliphatic hydroxyl groups is 1. The highest BCUT2D eigenvalue weighted by Gasteiger charge is 2.19. The fourth-order valence-corrected chi connectivity index (χ4v) is 3.41. The van der Waals surface area contributed by atoms with Gasteiger partial charge in [-0.15, -0.1) is 0 Å². The number of unbranched alkanes of at least 4 members (excludes halogenated alkanes) is 1. The topological polar surface area (TPSA) is 59.9 Å². The molecule has 6 heteroatoms. The summed E-state index contributed by atoms with van der Waals surface area (Å²) in [6.45, 7) is 10.1. The van der Waals surface area contributed by atoms with Gasteiger partial charge in [-0.25, -0.2) is 9.38 Å². The van der Waals surface area contributed by atoms with Crippen LogP contribution in [-0.2, 0) is 6.54 Å². The molecule has 1 aromatic rings. The first-order valence-electron chi connectivity index (χ1n) is 10.7. The van der Waals surface area contributed by atoms with Crippen molar-refractivity contribution in [1.82, 2.24) is 10.6 Å². The minimum atomic E-state index is -0.254. The zero-order valence-electron chi connectivity index (χ0n) is 17.7. The van der Waals surface area contributed by atoms with E-state index >= 15 is 0 Å². The molecule has 158 valence electrons. The fourth-order valence-electron chi connectivity index (χ4n) is 3.41. The van der Waals surface area contributed by atoms with E-state index in [0.717, 1.165) is 37.0 Å². The number of hydrogen-bond donors (Lipinski definition) is 3. The number of piperidine rings is 1. The Morgan fingerprint density at radius 1 is 1.25 bits per heavy atom. The average Bonchev–Trinajstić information content (AvgIpc) is 2.66. The minimum Gasteiger partial charge on any atom is -0.393 e. The van der Waals surface area contributed by atoms with E-state index in [4.69, 9.17) is 0 Å². The molecule has 1 aliphatic heterocycles. The molecule has 0 saturated carbocycles. The van der Waals surface area contributed by atoms with Gasteiger partial charge in [-0.05, 0) is 49.8 Å². The Kier molecular flexibility index (Phi) is 9.55. The van der Waals surface area contributed by atoms with E-state index in [1.807, 2.05) is 24.0 Å². The summed E-state index contributed by atoms with van der Waals surface area (Å²) in [7, 11) is 0. The van der Waals surface area contributed by atoms with E-state index in [9.17, 15) is 9.50 Å². The summed E-state index contributed by atoms with van der Waals surface area (Å²) < 4.78 is 14.6. The van der Waals surface area contributed by atoms with E-state index < -0.39 is 0 Å². The first-order valence-corrected chi connectivity index (χ1v) is 10.7. The number of anilines is 1. The second-order valence-electron chi connectivity index (χ2n) is 8.02. The van der Waals surface area contributed by atoms with Crippen LogP contribution < -0.4 is 15.5 Å². The third-order valence-electron chi connectivity index (χ3n) is 5.08. The Labute approximate surface area is 169 Å². The molecular weight excluding hydrogens is 355 g/mol. The summed E-state index contributed by atoms with van der Waals surface area (Å²) in [4.78, 5) is 6.60. The van der Waals surface area contributed by atoms with Crippen LogP contribution in [0.5, 0.6) is 0 Å². The monoisotopic (exact) mass is 392 g/mol. The average molecular weight is 393 g/mol. The predicted octanol–water partition coefficient (Wildman–Crippen LogP) is 3.67. The Morgan fingerprint density at radius 3 is 2.64 bits per heavy atom. The maximum atomic E-state index is 14.6. The van der Waals surface area contributed by atoms with Gasteiger partial charge in [0.1, 0.15) is 5.82 Å². The molecule has 1 fully saturated rings. The molecular formula is C22H37FN4O. The molecule has 5 nitrogen and oxygen atoms in total. The van der Waals surface area contributed by atoms with Crippen molar-refractivity contribution in [1.29, 1.82) is 0 Å². The van der Waals surface area contributed by atoms with Crippen LogP contribution in [0.1, 0.15) is 58.4 Å². The summed E-state index contributed by atoms with van der Waals surface area (Å²) in [6.07, 6.45) is 4.72. The smallest absolute Gasteiger partial charge is 0.191 e. The van der Waals surface area contributed by atoms with Crippen LogP contribution in [0.15, 0.2) is 23.2 Å². The lowest BCUT2D eigenvalue weighted by Crippen LogP contribution is -2.37. The van der Waals surface area contributed by atoms with Crippen LogP contribution in [-0.4, -0.2) is 43.3 Å². The second-order valence-corrected chi connectivity index (χ2v) is 8.02. The number of nitrogens with zero attached hydrogens (tertiary/aromatic N) is 2. The van der Waals surface area contributed by atoms with Gasteiger partial charge in [-0.1, -0.05) is 32.8 Å². The van der Waals surface area contributed by atoms with Gasteiger partial charge < -0.3 is 20.6 Å². The number of hydrogen-bond acceptors (Lipinski definition) is 3. The van der Waals surface area contributed by atoms with Crippen LogP contribution in [0.3, 0.4) is 0 Å². The van der Waals surface area contributed by atoms with Crippen LogP contribution in [0.2, 0.25) is 0 Å². The van der Waals surface area contributed by atoms with Crippen molar-refractivity contribution in [2.24, 2.45) is 10.9 Å². The molecule has 0 unspecified atom stereocenters. The molecule has 2 rings (SSSR count). The molecule has 1 aromatic carbocycles. The van der Waals surface area contributed by atoms with Crippen molar-refractivity contribution in [2.75, 3.05) is 31.1 Å². The first kappa shape index (κ1) is 22.5. The zero-order chi connectivity index (χ0) is 20.4. The van der Waals surface area contributed by atoms with Gasteiger partial charge in [0.2, 0.25) is 0 Å². The fraction of sp³-hybridized carbons (Fsp3) is 0.682. The molecule has 1 aliphatic rings. The maximum Gasteiger partial charge on any atom is 0.191 e. The highest BCUT2D eigenvalue weighted by atomic mass is 19.1. The Balaban J connectivity index is 1.88. The number of nitrogens with one attached hydrogen (secondary N) is 2. The minimum absolute atomic E-state index is 0.212. The molecule has 28 heavy (non-hydrogen) atoms. The summed E-state index contributed by atoms with van der Waals surface area (Å²) >= 11 is 0. The van der Waals surface area contributed by atoms with Gasteiger partial charge in [-0.2, -0.15) is 0 Å². The molecule has 0 amide bonds. The van der Waals surface area contributed by atoms with E-state index in [1.54, 1.807) is 6.07 Å². The number of rotatable bonds is 9. The van der Waals surface area contributed by atoms with E-state index in [1.165, 1.54) is 12.8 Å². The van der Waals surface area contributed by atoms with E-state index in [-0.39, 0.29) is 11.9 Å². The molecule has 0 radical (unpaired) electrons. The quantitative estimate of drug-likeness (QED) is 0.341. The largest absolute Gasteiger partial charge is 0.393 e. The van der Waals surface area contributed by atoms with Gasteiger partial charge in [0.25, 0.3) is 0 Å². The standard InChI is InChI=1S/C22H37FN4O/c1-4-24-22(25-12-6-5-7-17(2)3)26-16-18-8-9-21(20(23)15-18)27-13-10-19(28)11-14-27/h8-9,15,17,19,28H,4-7,10-14,16H2,1-3H3,(H2,24,25,26). The molecule has 0 aromatic heterocycles. The molecule has 3 N–H and O–H groups in total. The van der Waals surface area contributed by atoms with Gasteiger partial charge >= 0.3 is 0 Å². The van der Waals surface area contributed by atoms with Crippen LogP contribution in [0.25, 0.3) is 0 Å². The van der Waals surface area contributed by atoms with Gasteiger partial charge in [0.15, 0.2) is 5.96 Å². The van der Waals surface area contributed by atoms with Crippen LogP contribution in [0, 0.1) is 11.7 Å². The Morgan fingerprint density at radius 2 is 2.00 bits per heavy atom. The van der Waals surface area contributed by atoms with Gasteiger partial charge in [-0.3, -0.25) is 0 Å². The van der Waals surface area contributed by atoms with Crippen molar-refractivity contribution in [3.8, 4) is 0 Å². The van der Waals surface area contributed by atoms with Crippen molar-refractivity contribution >= 4 is 11.6 Å². The van der Waals surface area contributed by atoms with Gasteiger partial charge in [0, 0.05) is 26.2 Å². The third kappa shape index (κ3) is 7.66. The second kappa shape index (κ2) is 11.9. The number of guanidine groups is 1. The van der Waals surface area contributed by atoms with Crippen LogP contribution in [0.4, 0.5) is 10.1 Å². The lowest BCUT2D eigenvalue weighted by Gasteiger charge is -2.31. The van der Waals surface area contributed by atoms with Crippen molar-refractivity contribution < 1.29 is 9.50 Å². The summed E-state index contributed by atoms with van der Waals surface area (Å²) in [5.74, 6) is 1.31. The Bertz CT molecular complexity index is 613. The number of aliphatic imine (C=N–C) groups is 1. The van der Waals surface area contributed by atoms with Crippen molar-refractivity contribution in [3.63, 3.8) is 0 Å². The third-order valence-corrected chi connectivity index (χ3v) is 5.08. The van der Waals surface area contributed by atoms with Crippen molar-refractivity contribution in [2.45, 2.75) is 65.5 Å². The van der Waals surface area contributed by atoms with Crippen LogP contribution >= 0.6 is 0 Å². The highest BCUT2D eigenvalue weighted by Crippen LogP contribution is 2.24. The molecule has 1 saturated heterocycles. The summed E-state index contributed by atoms with van der Waals surface area (Å²) in [5.41, 5.74) is 1.48. The Hall–Kier alpha value is -1.82. The SMILES string of the molecule is CCNC(=NCc1ccc(N2CCC(O)CC2)c(F)c1)NCCCCC(C)C. The number of aliphatic hydroxyl groups excluding tert-OH is 1. The van der Waals surface area contributed by atoms with Gasteiger partial charge in [0.05, 0.1) is 18.3 Å². The molecule has 1 heterocycles. The normalized spacial score (nSPS) is 15.9. The molecule has 0 atom stereocenters. The number of benzene rings is 1. The lowest BCUT2D eigenvalue weighted by molar-refractivity contribution is 0.145. The first-order chi connectivity index (χ1) is 13.5. The zero-order valence-corrected chi connectivity index (χ0v) is 17.7. The van der Waals surface area contributed by atoms with E-state index in [2.05, 4.69) is 29.5 Å². The molecule has 0 bridgehead atoms. The molecule has 0 aliphatic carbocycles. The number of halogens is 1. The lowest BCUT2D eigenvalue weighted by atomic mass is 10.1. The molecule has 0 spiro atoms. The highest BCUT2D eigenvalue weighted by molar-refractivity contribution is 5.79. The summed E-state index contributed by atoms with van der Waals surface area (Å²) in [5, 5.41) is 16.2. The maximum absolute atomic E-state index is 14.6. The predicted molar refractivity (Wildman–Crippen MR) is 115 cm³/mol. The van der Waals surface area contributed by atoms with Crippen molar-refractivity contribution in [3.05, 3.63) is 29.6 Å².